The van der Waals surface area contributed by atoms with E-state index in [-0.39, 0.29) is 6.54 Å². The normalized spacial score (nSPS) is 10.1. The second kappa shape index (κ2) is 7.28. The molecule has 19 heavy (non-hydrogen) atoms. The Morgan fingerprint density at radius 2 is 2.26 bits per heavy atom. The predicted octanol–water partition coefficient (Wildman–Crippen LogP) is 1.65. The van der Waals surface area contributed by atoms with E-state index in [0.717, 1.165) is 4.90 Å². The summed E-state index contributed by atoms with van der Waals surface area (Å²) in [6.07, 6.45) is -2.68. The number of nitrogens with zero attached hydrogens (tertiary/aromatic N) is 2. The van der Waals surface area contributed by atoms with Crippen molar-refractivity contribution in [3.05, 3.63) is 29.8 Å². The summed E-state index contributed by atoms with van der Waals surface area (Å²) in [5.74, 6) is 0. The quantitative estimate of drug-likeness (QED) is 0.853. The lowest BCUT2D eigenvalue weighted by molar-refractivity contribution is 0.0943. The number of nitrogens with one attached hydrogen (secondary N) is 1. The molecule has 1 aromatic rings. The number of urea groups is 1. The molecule has 0 radical (unpaired) electrons. The summed E-state index contributed by atoms with van der Waals surface area (Å²) in [4.78, 5) is 12.5. The van der Waals surface area contributed by atoms with E-state index in [1.165, 1.54) is 12.1 Å². The lowest BCUT2D eigenvalue weighted by Crippen LogP contribution is -2.40. The van der Waals surface area contributed by atoms with Crippen molar-refractivity contribution in [1.29, 1.82) is 5.26 Å². The summed E-state index contributed by atoms with van der Waals surface area (Å²) in [6.45, 7) is -1.35. The first kappa shape index (κ1) is 14.9. The van der Waals surface area contributed by atoms with Crippen LogP contribution >= 0.6 is 0 Å². The van der Waals surface area contributed by atoms with Crippen molar-refractivity contribution in [2.75, 3.05) is 25.0 Å². The van der Waals surface area contributed by atoms with Gasteiger partial charge in [-0.2, -0.15) is 5.26 Å². The largest absolute Gasteiger partial charge is 0.395 e. The van der Waals surface area contributed by atoms with E-state index in [9.17, 15) is 13.6 Å². The number of benzene rings is 1. The Bertz CT molecular complexity index is 474. The van der Waals surface area contributed by atoms with Crippen LogP contribution in [0.4, 0.5) is 19.3 Å². The zero-order chi connectivity index (χ0) is 14.3. The van der Waals surface area contributed by atoms with Crippen LogP contribution in [0, 0.1) is 11.3 Å². The maximum atomic E-state index is 12.3. The number of aliphatic hydroxyl groups is 1. The first-order valence-electron chi connectivity index (χ1n) is 5.52. The molecule has 2 N–H and O–H groups in total. The van der Waals surface area contributed by atoms with Gasteiger partial charge in [0.1, 0.15) is 0 Å². The van der Waals surface area contributed by atoms with Gasteiger partial charge in [0, 0.05) is 12.2 Å². The molecule has 0 saturated heterocycles. The Kier molecular flexibility index (Phi) is 5.70. The van der Waals surface area contributed by atoms with Crippen LogP contribution in [0.2, 0.25) is 0 Å². The summed E-state index contributed by atoms with van der Waals surface area (Å²) in [7, 11) is 0. The Balaban J connectivity index is 2.72. The van der Waals surface area contributed by atoms with Crippen molar-refractivity contribution in [2.45, 2.75) is 6.43 Å². The Hall–Kier alpha value is -2.20. The SMILES string of the molecule is N#Cc1cccc(NC(=O)N(CCO)CC(F)F)c1. The number of halogens is 2. The van der Waals surface area contributed by atoms with Crippen LogP contribution in [-0.2, 0) is 0 Å². The standard InChI is InChI=1S/C12H13F2N3O2/c13-11(14)8-17(4-5-18)12(19)16-10-3-1-2-9(6-10)7-15/h1-3,6,11,18H,4-5,8H2,(H,16,19). The fraction of sp³-hybridized carbons (Fsp3) is 0.333. The number of rotatable bonds is 5. The molecule has 0 aromatic heterocycles. The molecule has 0 aliphatic rings. The van der Waals surface area contributed by atoms with Gasteiger partial charge in [0.2, 0.25) is 0 Å². The first-order valence-corrected chi connectivity index (χ1v) is 5.52. The van der Waals surface area contributed by atoms with Crippen LogP contribution in [0.1, 0.15) is 5.56 Å². The van der Waals surface area contributed by atoms with E-state index in [4.69, 9.17) is 10.4 Å². The molecule has 5 nitrogen and oxygen atoms in total. The van der Waals surface area contributed by atoms with Crippen molar-refractivity contribution in [2.24, 2.45) is 0 Å². The molecule has 0 bridgehead atoms. The van der Waals surface area contributed by atoms with Crippen LogP contribution in [0.5, 0.6) is 0 Å². The minimum Gasteiger partial charge on any atom is -0.395 e. The smallest absolute Gasteiger partial charge is 0.322 e. The summed E-state index contributed by atoms with van der Waals surface area (Å²) in [6, 6.07) is 7.25. The highest BCUT2D eigenvalue weighted by atomic mass is 19.3. The summed E-state index contributed by atoms with van der Waals surface area (Å²) >= 11 is 0. The molecule has 102 valence electrons. The maximum Gasteiger partial charge on any atom is 0.322 e. The number of aliphatic hydroxyl groups excluding tert-OH is 1. The predicted molar refractivity (Wildman–Crippen MR) is 64.8 cm³/mol. The molecule has 1 rings (SSSR count). The van der Waals surface area contributed by atoms with Crippen LogP contribution in [-0.4, -0.2) is 42.2 Å². The van der Waals surface area contributed by atoms with Gasteiger partial charge in [0.15, 0.2) is 0 Å². The maximum absolute atomic E-state index is 12.3. The molecule has 2 amide bonds. The zero-order valence-corrected chi connectivity index (χ0v) is 10.0. The van der Waals surface area contributed by atoms with E-state index in [1.807, 2.05) is 6.07 Å². The van der Waals surface area contributed by atoms with E-state index in [2.05, 4.69) is 5.32 Å². The van der Waals surface area contributed by atoms with Crippen LogP contribution in [0.15, 0.2) is 24.3 Å². The molecule has 0 spiro atoms. The monoisotopic (exact) mass is 269 g/mol. The second-order valence-corrected chi connectivity index (χ2v) is 3.68. The molecule has 0 fully saturated rings. The van der Waals surface area contributed by atoms with Crippen LogP contribution in [0.3, 0.4) is 0 Å². The van der Waals surface area contributed by atoms with Gasteiger partial charge in [0.25, 0.3) is 6.43 Å². The minimum absolute atomic E-state index is 0.186. The molecular weight excluding hydrogens is 256 g/mol. The van der Waals surface area contributed by atoms with Crippen molar-refractivity contribution in [1.82, 2.24) is 4.90 Å². The second-order valence-electron chi connectivity index (χ2n) is 3.68. The molecule has 1 aromatic carbocycles. The van der Waals surface area contributed by atoms with Gasteiger partial charge in [-0.3, -0.25) is 0 Å². The summed E-state index contributed by atoms with van der Waals surface area (Å²) in [5.41, 5.74) is 0.682. The Morgan fingerprint density at radius 1 is 1.53 bits per heavy atom. The lowest BCUT2D eigenvalue weighted by atomic mass is 10.2. The summed E-state index contributed by atoms with van der Waals surface area (Å²) in [5, 5.41) is 19.8. The van der Waals surface area contributed by atoms with E-state index in [1.54, 1.807) is 12.1 Å². The van der Waals surface area contributed by atoms with Gasteiger partial charge in [-0.1, -0.05) is 6.07 Å². The molecule has 0 aliphatic heterocycles. The third-order valence-electron chi connectivity index (χ3n) is 2.26. The average Bonchev–Trinajstić information content (AvgIpc) is 2.38. The number of hydrogen-bond acceptors (Lipinski definition) is 3. The van der Waals surface area contributed by atoms with E-state index >= 15 is 0 Å². The lowest BCUT2D eigenvalue weighted by Gasteiger charge is -2.21. The number of hydrogen-bond donors (Lipinski definition) is 2. The van der Waals surface area contributed by atoms with Gasteiger partial charge in [-0.25, -0.2) is 13.6 Å². The third kappa shape index (κ3) is 4.89. The molecular formula is C12H13F2N3O2. The molecule has 0 atom stereocenters. The third-order valence-corrected chi connectivity index (χ3v) is 2.26. The van der Waals surface area contributed by atoms with Crippen LogP contribution < -0.4 is 5.32 Å². The Morgan fingerprint density at radius 3 is 2.84 bits per heavy atom. The number of alkyl halides is 2. The first-order chi connectivity index (χ1) is 9.06. The molecule has 0 unspecified atom stereocenters. The summed E-state index contributed by atoms with van der Waals surface area (Å²) < 4.78 is 24.6. The van der Waals surface area contributed by atoms with Crippen molar-refractivity contribution in [3.63, 3.8) is 0 Å². The van der Waals surface area contributed by atoms with Gasteiger partial charge in [-0.05, 0) is 18.2 Å². The van der Waals surface area contributed by atoms with Crippen molar-refractivity contribution >= 4 is 11.7 Å². The number of nitriles is 1. The number of carbonyl (C=O) groups is 1. The number of amides is 2. The highest BCUT2D eigenvalue weighted by Gasteiger charge is 2.17. The number of carbonyl (C=O) groups excluding carboxylic acids is 1. The molecule has 0 heterocycles. The fourth-order valence-electron chi connectivity index (χ4n) is 1.43. The number of anilines is 1. The molecule has 7 heteroatoms. The van der Waals surface area contributed by atoms with Gasteiger partial charge in [-0.15, -0.1) is 0 Å². The van der Waals surface area contributed by atoms with Crippen molar-refractivity contribution < 1.29 is 18.7 Å². The fourth-order valence-corrected chi connectivity index (χ4v) is 1.43. The van der Waals surface area contributed by atoms with E-state index in [0.29, 0.717) is 11.3 Å². The van der Waals surface area contributed by atoms with E-state index < -0.39 is 25.6 Å². The topological polar surface area (TPSA) is 76.4 Å². The highest BCUT2D eigenvalue weighted by Crippen LogP contribution is 2.11. The van der Waals surface area contributed by atoms with Gasteiger partial charge in [0.05, 0.1) is 24.8 Å². The van der Waals surface area contributed by atoms with Crippen LogP contribution in [0.25, 0.3) is 0 Å². The molecule has 0 aliphatic carbocycles. The average molecular weight is 269 g/mol. The highest BCUT2D eigenvalue weighted by molar-refractivity contribution is 5.89. The minimum atomic E-state index is -2.68. The van der Waals surface area contributed by atoms with Crippen molar-refractivity contribution in [3.8, 4) is 6.07 Å². The van der Waals surface area contributed by atoms with Gasteiger partial charge >= 0.3 is 6.03 Å². The zero-order valence-electron chi connectivity index (χ0n) is 10.0. The van der Waals surface area contributed by atoms with Gasteiger partial charge < -0.3 is 15.3 Å². The Labute approximate surface area is 109 Å². The molecule has 0 saturated carbocycles.